The highest BCUT2D eigenvalue weighted by atomic mass is 16.7. The Kier molecular flexibility index (Phi) is 4.58. The van der Waals surface area contributed by atoms with Gasteiger partial charge in [0.2, 0.25) is 0 Å². The Balaban J connectivity index is 2.21. The van der Waals surface area contributed by atoms with Gasteiger partial charge in [0, 0.05) is 46.1 Å². The highest BCUT2D eigenvalue weighted by Gasteiger charge is 2.03. The van der Waals surface area contributed by atoms with Gasteiger partial charge >= 0.3 is 0 Å². The molecule has 1 N–H and O–H groups in total. The van der Waals surface area contributed by atoms with E-state index in [1.807, 2.05) is 19.4 Å². The van der Waals surface area contributed by atoms with Crippen molar-refractivity contribution in [3.63, 3.8) is 0 Å². The summed E-state index contributed by atoms with van der Waals surface area (Å²) in [6, 6.07) is 0. The maximum Gasteiger partial charge on any atom is 0.169 e. The van der Waals surface area contributed by atoms with E-state index < -0.39 is 0 Å². The third-order valence-electron chi connectivity index (χ3n) is 1.92. The van der Waals surface area contributed by atoms with Gasteiger partial charge in [-0.05, 0) is 0 Å². The maximum absolute atomic E-state index is 5.04. The highest BCUT2D eigenvalue weighted by Crippen LogP contribution is 1.95. The van der Waals surface area contributed by atoms with E-state index >= 15 is 0 Å². The zero-order chi connectivity index (χ0) is 10.4. The normalized spacial score (nSPS) is 11.1. The van der Waals surface area contributed by atoms with E-state index in [2.05, 4.69) is 10.4 Å². The Bertz CT molecular complexity index is 258. The molecule has 0 atom stereocenters. The third-order valence-corrected chi connectivity index (χ3v) is 1.92. The lowest BCUT2D eigenvalue weighted by Crippen LogP contribution is -2.29. The highest BCUT2D eigenvalue weighted by molar-refractivity contribution is 5.02. The molecule has 0 spiro atoms. The minimum Gasteiger partial charge on any atom is -0.355 e. The molecule has 0 bridgehead atoms. The van der Waals surface area contributed by atoms with Crippen molar-refractivity contribution in [2.24, 2.45) is 7.05 Å². The number of nitrogens with zero attached hydrogens (tertiary/aromatic N) is 2. The van der Waals surface area contributed by atoms with Crippen LogP contribution in [-0.2, 0) is 23.1 Å². The molecule has 5 heteroatoms. The first-order chi connectivity index (χ1) is 6.76. The predicted molar refractivity (Wildman–Crippen MR) is 52.7 cm³/mol. The molecule has 0 amide bonds. The van der Waals surface area contributed by atoms with Crippen molar-refractivity contribution in [2.45, 2.75) is 12.8 Å². The summed E-state index contributed by atoms with van der Waals surface area (Å²) in [7, 11) is 5.15. The van der Waals surface area contributed by atoms with Crippen LogP contribution >= 0.6 is 0 Å². The Morgan fingerprint density at radius 3 is 2.71 bits per heavy atom. The molecule has 0 radical (unpaired) electrons. The number of ether oxygens (including phenoxy) is 2. The van der Waals surface area contributed by atoms with Crippen LogP contribution in [-0.4, -0.2) is 36.8 Å². The van der Waals surface area contributed by atoms with Crippen molar-refractivity contribution in [1.29, 1.82) is 0 Å². The van der Waals surface area contributed by atoms with Crippen LogP contribution in [0.15, 0.2) is 12.4 Å². The van der Waals surface area contributed by atoms with Crippen LogP contribution in [0.3, 0.4) is 0 Å². The molecule has 0 aliphatic carbocycles. The lowest BCUT2D eigenvalue weighted by molar-refractivity contribution is -0.0989. The van der Waals surface area contributed by atoms with E-state index in [4.69, 9.17) is 9.47 Å². The second kappa shape index (κ2) is 5.74. The Hall–Kier alpha value is -0.910. The molecule has 1 aromatic rings. The number of aryl methyl sites for hydroxylation is 1. The van der Waals surface area contributed by atoms with Crippen LogP contribution in [0.5, 0.6) is 0 Å². The van der Waals surface area contributed by atoms with Crippen molar-refractivity contribution in [1.82, 2.24) is 15.1 Å². The van der Waals surface area contributed by atoms with Crippen molar-refractivity contribution < 1.29 is 9.47 Å². The zero-order valence-corrected chi connectivity index (χ0v) is 8.86. The van der Waals surface area contributed by atoms with Gasteiger partial charge in [0.1, 0.15) is 0 Å². The van der Waals surface area contributed by atoms with E-state index in [0.717, 1.165) is 12.1 Å². The number of hydrogen-bond acceptors (Lipinski definition) is 4. The number of rotatable bonds is 6. The Morgan fingerprint density at radius 1 is 1.50 bits per heavy atom. The van der Waals surface area contributed by atoms with Crippen molar-refractivity contribution in [2.75, 3.05) is 20.8 Å². The summed E-state index contributed by atoms with van der Waals surface area (Å²) in [4.78, 5) is 0. The summed E-state index contributed by atoms with van der Waals surface area (Å²) in [5, 5.41) is 7.28. The molecule has 1 aromatic heterocycles. The smallest absolute Gasteiger partial charge is 0.169 e. The lowest BCUT2D eigenvalue weighted by Gasteiger charge is -2.13. The maximum atomic E-state index is 5.04. The second-order valence-corrected chi connectivity index (χ2v) is 3.05. The number of aromatic nitrogens is 2. The fourth-order valence-electron chi connectivity index (χ4n) is 1.16. The van der Waals surface area contributed by atoms with E-state index in [-0.39, 0.29) is 6.29 Å². The minimum absolute atomic E-state index is 0.188. The van der Waals surface area contributed by atoms with Crippen LogP contribution in [0.4, 0.5) is 0 Å². The average Bonchev–Trinajstić information content (AvgIpc) is 2.59. The molecule has 0 saturated heterocycles. The minimum atomic E-state index is -0.188. The van der Waals surface area contributed by atoms with Gasteiger partial charge in [-0.15, -0.1) is 0 Å². The van der Waals surface area contributed by atoms with Gasteiger partial charge in [0.05, 0.1) is 6.20 Å². The fraction of sp³-hybridized carbons (Fsp3) is 0.667. The average molecular weight is 199 g/mol. The molecule has 0 aliphatic rings. The quantitative estimate of drug-likeness (QED) is 0.661. The van der Waals surface area contributed by atoms with Crippen molar-refractivity contribution in [3.8, 4) is 0 Å². The molecule has 0 aliphatic heterocycles. The summed E-state index contributed by atoms with van der Waals surface area (Å²) in [6.07, 6.45) is 3.62. The SMILES string of the molecule is COC(CNCc1cnn(C)c1)OC. The third kappa shape index (κ3) is 3.45. The van der Waals surface area contributed by atoms with Crippen LogP contribution in [0.25, 0.3) is 0 Å². The standard InChI is InChI=1S/C9H17N3O2/c1-12-7-8(5-11-12)4-10-6-9(13-2)14-3/h5,7,9-10H,4,6H2,1-3H3. The van der Waals surface area contributed by atoms with Gasteiger partial charge in [-0.25, -0.2) is 0 Å². The Labute approximate surface area is 84.0 Å². The van der Waals surface area contributed by atoms with E-state index in [9.17, 15) is 0 Å². The van der Waals surface area contributed by atoms with E-state index in [1.165, 1.54) is 0 Å². The van der Waals surface area contributed by atoms with E-state index in [0.29, 0.717) is 6.54 Å². The molecule has 80 valence electrons. The van der Waals surface area contributed by atoms with Gasteiger partial charge in [-0.2, -0.15) is 5.10 Å². The molecule has 1 heterocycles. The molecule has 0 aromatic carbocycles. The van der Waals surface area contributed by atoms with Crippen LogP contribution < -0.4 is 5.32 Å². The van der Waals surface area contributed by atoms with Crippen molar-refractivity contribution >= 4 is 0 Å². The van der Waals surface area contributed by atoms with E-state index in [1.54, 1.807) is 18.9 Å². The summed E-state index contributed by atoms with van der Waals surface area (Å²) in [6.45, 7) is 1.44. The van der Waals surface area contributed by atoms with Crippen molar-refractivity contribution in [3.05, 3.63) is 18.0 Å². The Morgan fingerprint density at radius 2 is 2.21 bits per heavy atom. The number of methoxy groups -OCH3 is 2. The first-order valence-electron chi connectivity index (χ1n) is 4.50. The first kappa shape index (κ1) is 11.2. The molecule has 0 fully saturated rings. The molecule has 1 rings (SSSR count). The largest absolute Gasteiger partial charge is 0.355 e. The molecule has 0 unspecified atom stereocenters. The van der Waals surface area contributed by atoms with Gasteiger partial charge < -0.3 is 14.8 Å². The number of hydrogen-bond donors (Lipinski definition) is 1. The first-order valence-corrected chi connectivity index (χ1v) is 4.50. The summed E-state index contributed by atoms with van der Waals surface area (Å²) in [5.74, 6) is 0. The zero-order valence-electron chi connectivity index (χ0n) is 8.86. The monoisotopic (exact) mass is 199 g/mol. The summed E-state index contributed by atoms with van der Waals surface area (Å²) in [5.41, 5.74) is 1.15. The van der Waals surface area contributed by atoms with Gasteiger partial charge in [-0.3, -0.25) is 4.68 Å². The molecule has 5 nitrogen and oxygen atoms in total. The molecular weight excluding hydrogens is 182 g/mol. The molecular formula is C9H17N3O2. The van der Waals surface area contributed by atoms with Crippen LogP contribution in [0, 0.1) is 0 Å². The topological polar surface area (TPSA) is 48.3 Å². The summed E-state index contributed by atoms with van der Waals surface area (Å²) < 4.78 is 11.9. The van der Waals surface area contributed by atoms with Crippen LogP contribution in [0.1, 0.15) is 5.56 Å². The predicted octanol–water partition coefficient (Wildman–Crippen LogP) is 0.129. The van der Waals surface area contributed by atoms with Gasteiger partial charge in [0.15, 0.2) is 6.29 Å². The van der Waals surface area contributed by atoms with Crippen LogP contribution in [0.2, 0.25) is 0 Å². The fourth-order valence-corrected chi connectivity index (χ4v) is 1.16. The molecule has 0 saturated carbocycles. The second-order valence-electron chi connectivity index (χ2n) is 3.05. The lowest BCUT2D eigenvalue weighted by atomic mass is 10.3. The summed E-state index contributed by atoms with van der Waals surface area (Å²) >= 11 is 0. The van der Waals surface area contributed by atoms with Gasteiger partial charge in [0.25, 0.3) is 0 Å². The number of nitrogens with one attached hydrogen (secondary N) is 1. The van der Waals surface area contributed by atoms with Gasteiger partial charge in [-0.1, -0.05) is 0 Å². The molecule has 14 heavy (non-hydrogen) atoms.